The fraction of sp³-hybridized carbons (Fsp3) is 0.867. The smallest absolute Gasteiger partial charge is 0.477 e. The first-order valence-corrected chi connectivity index (χ1v) is 7.18. The predicted octanol–water partition coefficient (Wildman–Crippen LogP) is 2.78. The number of nitrogens with zero attached hydrogens (tertiary/aromatic N) is 1. The second-order valence-electron chi connectivity index (χ2n) is 7.98. The fourth-order valence-corrected chi connectivity index (χ4v) is 4.27. The van der Waals surface area contributed by atoms with E-state index in [2.05, 4.69) is 6.92 Å². The molecule has 2 bridgehead atoms. The van der Waals surface area contributed by atoms with Gasteiger partial charge in [0.05, 0.1) is 12.3 Å². The second-order valence-corrected chi connectivity index (χ2v) is 7.98. The van der Waals surface area contributed by atoms with E-state index in [1.54, 1.807) is 13.8 Å². The number of carbonyl (C=O) groups is 2. The van der Waals surface area contributed by atoms with Crippen LogP contribution in [0.1, 0.15) is 54.9 Å². The molecule has 4 atom stereocenters. The Bertz CT molecular complexity index is 479. The lowest BCUT2D eigenvalue weighted by atomic mass is 9.48. The Balaban J connectivity index is 2.45. The van der Waals surface area contributed by atoms with Crippen molar-refractivity contribution in [1.82, 2.24) is 0 Å². The minimum absolute atomic E-state index is 0.0564. The first-order chi connectivity index (χ1) is 8.82. The molecule has 2 aliphatic heterocycles. The molecule has 2 heterocycles. The number of carboxylic acids is 1. The molecule has 0 aromatic heterocycles. The second kappa shape index (κ2) is 3.75. The van der Waals surface area contributed by atoms with Crippen LogP contribution in [0.5, 0.6) is 0 Å². The minimum Gasteiger partial charge on any atom is -0.477 e. The van der Waals surface area contributed by atoms with Crippen LogP contribution in [0.3, 0.4) is 0 Å². The quantitative estimate of drug-likeness (QED) is 0.792. The summed E-state index contributed by atoms with van der Waals surface area (Å²) in [6.45, 7) is 12.8. The van der Waals surface area contributed by atoms with Gasteiger partial charge in [0.15, 0.2) is 0 Å². The van der Waals surface area contributed by atoms with Gasteiger partial charge in [0, 0.05) is 13.8 Å². The molecule has 4 unspecified atom stereocenters. The van der Waals surface area contributed by atoms with Crippen molar-refractivity contribution >= 4 is 12.1 Å². The number of aliphatic carboxylic acids is 1. The number of carbonyl (C=O) groups excluding carboxylic acids is 1. The molecule has 0 radical (unpaired) electrons. The Kier molecular flexibility index (Phi) is 2.87. The number of carboxylic acid groups (broad SMARTS) is 1. The molecule has 0 aromatic rings. The van der Waals surface area contributed by atoms with E-state index in [-0.39, 0.29) is 16.1 Å². The third-order valence-electron chi connectivity index (χ3n) is 5.57. The van der Waals surface area contributed by atoms with Crippen LogP contribution in [0.15, 0.2) is 0 Å². The highest BCUT2D eigenvalue weighted by atomic mass is 16.6. The van der Waals surface area contributed by atoms with E-state index in [4.69, 9.17) is 4.74 Å². The summed E-state index contributed by atoms with van der Waals surface area (Å²) in [6.07, 6.45) is 0.492. The van der Waals surface area contributed by atoms with Crippen molar-refractivity contribution in [2.75, 3.05) is 0 Å². The Labute approximate surface area is 120 Å². The van der Waals surface area contributed by atoms with Crippen molar-refractivity contribution in [3.63, 3.8) is 0 Å². The topological polar surface area (TPSA) is 63.6 Å². The molecular weight excluding hydrogens is 258 g/mol. The molecule has 114 valence electrons. The van der Waals surface area contributed by atoms with Crippen molar-refractivity contribution in [2.24, 2.45) is 5.92 Å². The lowest BCUT2D eigenvalue weighted by Gasteiger charge is -2.78. The number of quaternary nitrogens is 1. The molecule has 0 spiro atoms. The summed E-state index contributed by atoms with van der Waals surface area (Å²) < 4.78 is 5.49. The van der Waals surface area contributed by atoms with E-state index in [0.29, 0.717) is 5.92 Å². The van der Waals surface area contributed by atoms with Crippen LogP contribution in [0.4, 0.5) is 4.79 Å². The fourth-order valence-electron chi connectivity index (χ4n) is 4.27. The molecule has 2 saturated heterocycles. The SMILES string of the molecule is CC1C2CC1(C)[N+]2(C(=O)OC(C)(C)C)C(C)(C)C(=O)O. The largest absolute Gasteiger partial charge is 0.518 e. The van der Waals surface area contributed by atoms with Gasteiger partial charge in [0.25, 0.3) is 0 Å². The van der Waals surface area contributed by atoms with Gasteiger partial charge in [-0.15, -0.1) is 0 Å². The van der Waals surface area contributed by atoms with Crippen LogP contribution in [0, 0.1) is 5.92 Å². The van der Waals surface area contributed by atoms with Crippen LogP contribution < -0.4 is 0 Å². The molecule has 1 saturated carbocycles. The van der Waals surface area contributed by atoms with Crippen molar-refractivity contribution < 1.29 is 23.9 Å². The van der Waals surface area contributed by atoms with E-state index in [0.717, 1.165) is 6.42 Å². The van der Waals surface area contributed by atoms with Crippen molar-refractivity contribution in [3.05, 3.63) is 0 Å². The molecular formula is C15H26NO4+. The van der Waals surface area contributed by atoms with E-state index in [1.807, 2.05) is 27.7 Å². The van der Waals surface area contributed by atoms with Crippen LogP contribution in [-0.4, -0.2) is 44.4 Å². The number of hydrogen-bond donors (Lipinski definition) is 1. The molecule has 0 aromatic carbocycles. The molecule has 3 fully saturated rings. The van der Waals surface area contributed by atoms with Gasteiger partial charge < -0.3 is 9.84 Å². The van der Waals surface area contributed by atoms with E-state index in [1.165, 1.54) is 0 Å². The normalized spacial score (nSPS) is 39.5. The lowest BCUT2D eigenvalue weighted by molar-refractivity contribution is -1.07. The first kappa shape index (κ1) is 15.3. The zero-order valence-corrected chi connectivity index (χ0v) is 13.5. The summed E-state index contributed by atoms with van der Waals surface area (Å²) in [5.41, 5.74) is -2.11. The van der Waals surface area contributed by atoms with Crippen molar-refractivity contribution in [1.29, 1.82) is 0 Å². The number of rotatable bonds is 2. The van der Waals surface area contributed by atoms with Crippen LogP contribution in [0.2, 0.25) is 0 Å². The Hall–Kier alpha value is -1.10. The molecule has 1 N–H and O–H groups in total. The van der Waals surface area contributed by atoms with Gasteiger partial charge in [-0.05, 0) is 27.7 Å². The summed E-state index contributed by atoms with van der Waals surface area (Å²) in [5.74, 6) is -0.597. The summed E-state index contributed by atoms with van der Waals surface area (Å²) in [5, 5.41) is 9.60. The molecule has 3 aliphatic rings. The van der Waals surface area contributed by atoms with Gasteiger partial charge >= 0.3 is 12.1 Å². The average molecular weight is 284 g/mol. The molecule has 1 amide bonds. The predicted molar refractivity (Wildman–Crippen MR) is 74.2 cm³/mol. The van der Waals surface area contributed by atoms with Gasteiger partial charge in [0.2, 0.25) is 5.54 Å². The summed E-state index contributed by atoms with van der Waals surface area (Å²) in [6, 6.07) is 0.0564. The maximum absolute atomic E-state index is 12.8. The summed E-state index contributed by atoms with van der Waals surface area (Å²) in [7, 11) is 0. The Morgan fingerprint density at radius 1 is 1.25 bits per heavy atom. The van der Waals surface area contributed by atoms with Gasteiger partial charge in [-0.25, -0.2) is 4.79 Å². The Morgan fingerprint density at radius 3 is 2.00 bits per heavy atom. The van der Waals surface area contributed by atoms with E-state index < -0.39 is 23.2 Å². The third-order valence-corrected chi connectivity index (χ3v) is 5.57. The monoisotopic (exact) mass is 284 g/mol. The number of amides is 1. The van der Waals surface area contributed by atoms with E-state index >= 15 is 0 Å². The third kappa shape index (κ3) is 1.42. The number of hydrogen-bond acceptors (Lipinski definition) is 3. The number of ether oxygens (including phenoxy) is 1. The highest BCUT2D eigenvalue weighted by Gasteiger charge is 2.89. The highest BCUT2D eigenvalue weighted by molar-refractivity contribution is 5.80. The molecule has 1 aliphatic carbocycles. The minimum atomic E-state index is -1.17. The molecule has 3 rings (SSSR count). The van der Waals surface area contributed by atoms with Crippen LogP contribution in [-0.2, 0) is 9.53 Å². The van der Waals surface area contributed by atoms with Crippen molar-refractivity contribution in [3.8, 4) is 0 Å². The van der Waals surface area contributed by atoms with Crippen LogP contribution in [0.25, 0.3) is 0 Å². The summed E-state index contributed by atoms with van der Waals surface area (Å²) in [4.78, 5) is 24.5. The summed E-state index contributed by atoms with van der Waals surface area (Å²) >= 11 is 0. The lowest BCUT2D eigenvalue weighted by Crippen LogP contribution is -3.00. The molecule has 5 heteroatoms. The zero-order chi connectivity index (χ0) is 15.7. The molecule has 5 nitrogen and oxygen atoms in total. The standard InChI is InChI=1S/C15H25NO4/c1-9-10-8-15(9,7)16(10,14(5,6)11(17)18)12(19)20-13(2,3)4/h9-10H,8H2,1-7H3/p+1. The maximum atomic E-state index is 12.8. The first-order valence-electron chi connectivity index (χ1n) is 7.18. The Morgan fingerprint density at radius 2 is 1.75 bits per heavy atom. The van der Waals surface area contributed by atoms with Gasteiger partial charge in [0.1, 0.15) is 17.2 Å². The average Bonchev–Trinajstić information content (AvgIpc) is 2.23. The highest BCUT2D eigenvalue weighted by Crippen LogP contribution is 2.69. The molecule has 20 heavy (non-hydrogen) atoms. The van der Waals surface area contributed by atoms with Crippen LogP contribution >= 0.6 is 0 Å². The van der Waals surface area contributed by atoms with E-state index in [9.17, 15) is 14.7 Å². The zero-order valence-electron chi connectivity index (χ0n) is 13.5. The van der Waals surface area contributed by atoms with Gasteiger partial charge in [-0.3, -0.25) is 0 Å². The van der Waals surface area contributed by atoms with Gasteiger partial charge in [-0.1, -0.05) is 6.92 Å². The van der Waals surface area contributed by atoms with Crippen molar-refractivity contribution in [2.45, 2.75) is 77.6 Å². The maximum Gasteiger partial charge on any atom is 0.518 e. The van der Waals surface area contributed by atoms with Gasteiger partial charge in [-0.2, -0.15) is 9.28 Å².